The molecule has 1 aliphatic rings. The number of nitrogens with zero attached hydrogens (tertiary/aromatic N) is 2. The molecule has 0 aliphatic carbocycles. The molecule has 5 nitrogen and oxygen atoms in total. The van der Waals surface area contributed by atoms with E-state index >= 15 is 0 Å². The fraction of sp³-hybridized carbons (Fsp3) is 0.636. The van der Waals surface area contributed by atoms with E-state index in [4.69, 9.17) is 4.74 Å². The fourth-order valence-corrected chi connectivity index (χ4v) is 1.75. The number of hydrogen-bond donors (Lipinski definition) is 2. The molecule has 2 N–H and O–H groups in total. The van der Waals surface area contributed by atoms with Gasteiger partial charge in [-0.05, 0) is 32.4 Å². The van der Waals surface area contributed by atoms with Gasteiger partial charge in [-0.25, -0.2) is 4.98 Å². The Morgan fingerprint density at radius 1 is 1.62 bits per heavy atom. The van der Waals surface area contributed by atoms with Crippen LogP contribution in [0.25, 0.3) is 0 Å². The van der Waals surface area contributed by atoms with Crippen molar-refractivity contribution in [2.45, 2.75) is 25.9 Å². The van der Waals surface area contributed by atoms with Crippen molar-refractivity contribution in [3.63, 3.8) is 0 Å². The van der Waals surface area contributed by atoms with Crippen LogP contribution >= 0.6 is 0 Å². The Bertz CT molecular complexity index is 326. The van der Waals surface area contributed by atoms with E-state index in [1.807, 2.05) is 13.0 Å². The van der Waals surface area contributed by atoms with Crippen LogP contribution in [0.3, 0.4) is 0 Å². The highest BCUT2D eigenvalue weighted by Crippen LogP contribution is 2.12. The normalized spacial score (nSPS) is 20.4. The fourth-order valence-electron chi connectivity index (χ4n) is 1.75. The molecule has 16 heavy (non-hydrogen) atoms. The first-order valence-corrected chi connectivity index (χ1v) is 5.83. The smallest absolute Gasteiger partial charge is 0.318 e. The molecule has 0 amide bonds. The predicted octanol–water partition coefficient (Wildman–Crippen LogP) is 1.04. The van der Waals surface area contributed by atoms with Gasteiger partial charge in [-0.15, -0.1) is 0 Å². The second kappa shape index (κ2) is 5.65. The third-order valence-electron chi connectivity index (χ3n) is 2.52. The van der Waals surface area contributed by atoms with Crippen LogP contribution in [0.15, 0.2) is 12.3 Å². The van der Waals surface area contributed by atoms with Gasteiger partial charge in [-0.2, -0.15) is 4.98 Å². The van der Waals surface area contributed by atoms with Crippen molar-refractivity contribution in [1.82, 2.24) is 15.3 Å². The van der Waals surface area contributed by atoms with Gasteiger partial charge >= 0.3 is 6.01 Å². The third kappa shape index (κ3) is 3.06. The highest BCUT2D eigenvalue weighted by molar-refractivity contribution is 5.33. The summed E-state index contributed by atoms with van der Waals surface area (Å²) in [6.07, 6.45) is 4.14. The monoisotopic (exact) mass is 222 g/mol. The lowest BCUT2D eigenvalue weighted by Crippen LogP contribution is -2.37. The molecule has 1 aromatic rings. The number of rotatable bonds is 4. The van der Waals surface area contributed by atoms with Gasteiger partial charge in [0.15, 0.2) is 0 Å². The van der Waals surface area contributed by atoms with Gasteiger partial charge in [0.25, 0.3) is 0 Å². The summed E-state index contributed by atoms with van der Waals surface area (Å²) >= 11 is 0. The molecular formula is C11H18N4O. The van der Waals surface area contributed by atoms with Crippen LogP contribution in [0.1, 0.15) is 19.8 Å². The van der Waals surface area contributed by atoms with E-state index in [2.05, 4.69) is 20.6 Å². The largest absolute Gasteiger partial charge is 0.459 e. The lowest BCUT2D eigenvalue weighted by Gasteiger charge is -2.22. The molecule has 0 unspecified atom stereocenters. The molecule has 5 heteroatoms. The van der Waals surface area contributed by atoms with Crippen molar-refractivity contribution >= 4 is 5.82 Å². The zero-order chi connectivity index (χ0) is 11.2. The van der Waals surface area contributed by atoms with Gasteiger partial charge < -0.3 is 15.4 Å². The first-order valence-electron chi connectivity index (χ1n) is 5.83. The third-order valence-corrected chi connectivity index (χ3v) is 2.52. The van der Waals surface area contributed by atoms with Crippen molar-refractivity contribution in [3.8, 4) is 6.01 Å². The maximum absolute atomic E-state index is 5.72. The van der Waals surface area contributed by atoms with Crippen LogP contribution in [0.5, 0.6) is 6.01 Å². The molecule has 2 heterocycles. The van der Waals surface area contributed by atoms with Crippen LogP contribution < -0.4 is 15.4 Å². The molecule has 1 fully saturated rings. The molecular weight excluding hydrogens is 204 g/mol. The van der Waals surface area contributed by atoms with Gasteiger partial charge in [-0.1, -0.05) is 0 Å². The van der Waals surface area contributed by atoms with Gasteiger partial charge in [0.05, 0.1) is 0 Å². The van der Waals surface area contributed by atoms with Crippen LogP contribution in [-0.2, 0) is 0 Å². The summed E-state index contributed by atoms with van der Waals surface area (Å²) in [5, 5.41) is 6.44. The molecule has 88 valence electrons. The summed E-state index contributed by atoms with van der Waals surface area (Å²) in [4.78, 5) is 8.40. The Balaban J connectivity index is 1.94. The number of aromatic nitrogens is 2. The molecule has 0 bridgehead atoms. The molecule has 0 saturated carbocycles. The van der Waals surface area contributed by atoms with E-state index < -0.39 is 0 Å². The molecule has 1 aromatic heterocycles. The highest BCUT2D eigenvalue weighted by atomic mass is 16.5. The molecule has 1 atom stereocenters. The van der Waals surface area contributed by atoms with Gasteiger partial charge in [0.1, 0.15) is 11.9 Å². The van der Waals surface area contributed by atoms with Gasteiger partial charge in [0, 0.05) is 19.3 Å². The van der Waals surface area contributed by atoms with E-state index in [0.717, 1.165) is 38.3 Å². The minimum atomic E-state index is 0.200. The predicted molar refractivity (Wildman–Crippen MR) is 62.7 cm³/mol. The van der Waals surface area contributed by atoms with Crippen molar-refractivity contribution in [2.24, 2.45) is 0 Å². The molecule has 2 rings (SSSR count). The van der Waals surface area contributed by atoms with Crippen molar-refractivity contribution in [1.29, 1.82) is 0 Å². The number of hydrogen-bond acceptors (Lipinski definition) is 5. The average molecular weight is 222 g/mol. The van der Waals surface area contributed by atoms with Crippen LogP contribution in [-0.4, -0.2) is 35.7 Å². The van der Waals surface area contributed by atoms with Crippen molar-refractivity contribution < 1.29 is 4.74 Å². The minimum Gasteiger partial charge on any atom is -0.459 e. The highest BCUT2D eigenvalue weighted by Gasteiger charge is 2.15. The Kier molecular flexibility index (Phi) is 3.93. The van der Waals surface area contributed by atoms with Crippen LogP contribution in [0, 0.1) is 0 Å². The summed E-state index contributed by atoms with van der Waals surface area (Å²) in [6, 6.07) is 2.31. The van der Waals surface area contributed by atoms with Crippen LogP contribution in [0.4, 0.5) is 5.82 Å². The molecule has 1 saturated heterocycles. The number of nitrogens with one attached hydrogen (secondary N) is 2. The summed E-state index contributed by atoms with van der Waals surface area (Å²) < 4.78 is 5.72. The quantitative estimate of drug-likeness (QED) is 0.797. The van der Waals surface area contributed by atoms with E-state index in [0.29, 0.717) is 6.01 Å². The topological polar surface area (TPSA) is 59.1 Å². The van der Waals surface area contributed by atoms with Crippen molar-refractivity contribution in [2.75, 3.05) is 25.0 Å². The van der Waals surface area contributed by atoms with E-state index in [9.17, 15) is 0 Å². The average Bonchev–Trinajstić information content (AvgIpc) is 2.31. The molecule has 0 aromatic carbocycles. The summed E-state index contributed by atoms with van der Waals surface area (Å²) in [7, 11) is 0. The lowest BCUT2D eigenvalue weighted by molar-refractivity contribution is 0.153. The number of piperidine rings is 1. The van der Waals surface area contributed by atoms with Gasteiger partial charge in [0.2, 0.25) is 0 Å². The van der Waals surface area contributed by atoms with Crippen LogP contribution in [0.2, 0.25) is 0 Å². The maximum Gasteiger partial charge on any atom is 0.318 e. The molecule has 1 aliphatic heterocycles. The zero-order valence-electron chi connectivity index (χ0n) is 9.57. The summed E-state index contributed by atoms with van der Waals surface area (Å²) in [5.74, 6) is 0.816. The Morgan fingerprint density at radius 3 is 3.31 bits per heavy atom. The second-order valence-electron chi connectivity index (χ2n) is 3.84. The SMILES string of the molecule is CCNc1ccnc(O[C@H]2CCCNC2)n1. The zero-order valence-corrected chi connectivity index (χ0v) is 9.57. The lowest BCUT2D eigenvalue weighted by atomic mass is 10.1. The standard InChI is InChI=1S/C11H18N4O/c1-2-13-10-5-7-14-11(15-10)16-9-4-3-6-12-8-9/h5,7,9,12H,2-4,6,8H2,1H3,(H,13,14,15)/t9-/m0/s1. The number of ether oxygens (including phenoxy) is 1. The van der Waals surface area contributed by atoms with Crippen molar-refractivity contribution in [3.05, 3.63) is 12.3 Å². The summed E-state index contributed by atoms with van der Waals surface area (Å²) in [6.45, 7) is 4.85. The Labute approximate surface area is 95.6 Å². The molecule has 0 spiro atoms. The second-order valence-corrected chi connectivity index (χ2v) is 3.84. The first kappa shape index (κ1) is 11.1. The van der Waals surface area contributed by atoms with E-state index in [1.54, 1.807) is 6.20 Å². The maximum atomic E-state index is 5.72. The Hall–Kier alpha value is -1.36. The Morgan fingerprint density at radius 2 is 2.56 bits per heavy atom. The minimum absolute atomic E-state index is 0.200. The number of anilines is 1. The molecule has 0 radical (unpaired) electrons. The van der Waals surface area contributed by atoms with E-state index in [1.165, 1.54) is 0 Å². The first-order chi connectivity index (χ1) is 7.88. The van der Waals surface area contributed by atoms with Gasteiger partial charge in [-0.3, -0.25) is 0 Å². The summed E-state index contributed by atoms with van der Waals surface area (Å²) in [5.41, 5.74) is 0. The van der Waals surface area contributed by atoms with E-state index in [-0.39, 0.29) is 6.10 Å².